The molecule has 1 atom stereocenters. The molecular formula is C19H22ClN2O+. The molecule has 2 N–H and O–H groups in total. The van der Waals surface area contributed by atoms with Gasteiger partial charge in [0.05, 0.1) is 0 Å². The van der Waals surface area contributed by atoms with Gasteiger partial charge >= 0.3 is 0 Å². The summed E-state index contributed by atoms with van der Waals surface area (Å²) in [4.78, 5) is 14.6. The van der Waals surface area contributed by atoms with Crippen molar-refractivity contribution in [1.82, 2.24) is 0 Å². The molecule has 0 saturated carbocycles. The van der Waals surface area contributed by atoms with Gasteiger partial charge in [0.15, 0.2) is 6.54 Å². The number of halogens is 1. The minimum Gasteiger partial charge on any atom is -0.333 e. The molecule has 0 aliphatic carbocycles. The van der Waals surface area contributed by atoms with Gasteiger partial charge in [0.1, 0.15) is 6.04 Å². The zero-order valence-corrected chi connectivity index (χ0v) is 14.1. The van der Waals surface area contributed by atoms with E-state index < -0.39 is 0 Å². The Balaban J connectivity index is 1.63. The first-order chi connectivity index (χ1) is 11.1. The first-order valence-corrected chi connectivity index (χ1v) is 8.50. The summed E-state index contributed by atoms with van der Waals surface area (Å²) >= 11 is 5.92. The Bertz CT molecular complexity index is 684. The lowest BCUT2D eigenvalue weighted by atomic mass is 10.0. The van der Waals surface area contributed by atoms with Crippen molar-refractivity contribution in [1.29, 1.82) is 0 Å². The van der Waals surface area contributed by atoms with Crippen LogP contribution in [0.1, 0.15) is 30.5 Å². The van der Waals surface area contributed by atoms with Crippen LogP contribution >= 0.6 is 11.6 Å². The first kappa shape index (κ1) is 16.0. The average Bonchev–Trinajstić information content (AvgIpc) is 2.59. The molecule has 0 fully saturated rings. The maximum absolute atomic E-state index is 12.6. The lowest BCUT2D eigenvalue weighted by Crippen LogP contribution is -2.87. The summed E-state index contributed by atoms with van der Waals surface area (Å²) in [7, 11) is 0. The fraction of sp³-hybridized carbons (Fsp3) is 0.316. The molecule has 120 valence electrons. The smallest absolute Gasteiger partial charge is 0.282 e. The third-order valence-corrected chi connectivity index (χ3v) is 4.71. The number of hydrogen-bond donors (Lipinski definition) is 1. The number of carbonyl (C=O) groups excluding carboxylic acids is 1. The summed E-state index contributed by atoms with van der Waals surface area (Å²) in [5, 5.41) is 2.82. The van der Waals surface area contributed by atoms with Gasteiger partial charge in [0.25, 0.3) is 5.91 Å². The number of carbonyl (C=O) groups is 1. The highest BCUT2D eigenvalue weighted by molar-refractivity contribution is 6.30. The van der Waals surface area contributed by atoms with E-state index in [-0.39, 0.29) is 11.9 Å². The topological polar surface area (TPSA) is 36.9 Å². The van der Waals surface area contributed by atoms with E-state index in [1.54, 1.807) is 0 Å². The number of nitrogens with zero attached hydrogens (tertiary/aromatic N) is 1. The van der Waals surface area contributed by atoms with Crippen LogP contribution < -0.4 is 10.2 Å². The highest BCUT2D eigenvalue weighted by Gasteiger charge is 2.23. The number of benzene rings is 2. The summed E-state index contributed by atoms with van der Waals surface area (Å²) in [6.45, 7) is 3.39. The third-order valence-electron chi connectivity index (χ3n) is 4.45. The summed E-state index contributed by atoms with van der Waals surface area (Å²) in [6, 6.07) is 16.3. The lowest BCUT2D eigenvalue weighted by molar-refractivity contribution is -0.682. The van der Waals surface area contributed by atoms with Crippen LogP contribution in [0.25, 0.3) is 0 Å². The number of aryl methyl sites for hydroxylation is 1. The van der Waals surface area contributed by atoms with E-state index in [1.165, 1.54) is 11.1 Å². The molecule has 0 aromatic heterocycles. The van der Waals surface area contributed by atoms with Crippen molar-refractivity contribution in [3.05, 3.63) is 64.7 Å². The number of hydrogen-bond acceptors (Lipinski definition) is 1. The quantitative estimate of drug-likeness (QED) is 0.920. The second-order valence-corrected chi connectivity index (χ2v) is 6.49. The molecule has 0 unspecified atom stereocenters. The number of rotatable bonds is 4. The summed E-state index contributed by atoms with van der Waals surface area (Å²) in [5.41, 5.74) is 3.54. The Hall–Kier alpha value is -1.84. The lowest BCUT2D eigenvalue weighted by Gasteiger charge is -2.29. The molecule has 1 aliphatic rings. The fourth-order valence-corrected chi connectivity index (χ4v) is 3.21. The number of amides is 1. The van der Waals surface area contributed by atoms with Gasteiger partial charge in [-0.05, 0) is 43.5 Å². The monoisotopic (exact) mass is 329 g/mol. The van der Waals surface area contributed by atoms with Crippen LogP contribution in [-0.2, 0) is 11.2 Å². The summed E-state index contributed by atoms with van der Waals surface area (Å²) in [6.07, 6.45) is 2.10. The van der Waals surface area contributed by atoms with Crippen molar-refractivity contribution in [2.24, 2.45) is 0 Å². The molecule has 2 aromatic rings. The maximum atomic E-state index is 12.6. The van der Waals surface area contributed by atoms with Gasteiger partial charge in [-0.25, -0.2) is 0 Å². The minimum absolute atomic E-state index is 0.179. The van der Waals surface area contributed by atoms with Crippen molar-refractivity contribution in [3.63, 3.8) is 0 Å². The SMILES string of the molecule is C[C@H]([NH2+]CC(=O)N1CCCc2ccccc21)c1ccc(Cl)cc1. The molecule has 1 heterocycles. The van der Waals surface area contributed by atoms with Gasteiger partial charge in [0.2, 0.25) is 0 Å². The van der Waals surface area contributed by atoms with Gasteiger partial charge in [-0.1, -0.05) is 41.9 Å². The van der Waals surface area contributed by atoms with Crippen LogP contribution in [0, 0.1) is 0 Å². The Kier molecular flexibility index (Phi) is 4.99. The van der Waals surface area contributed by atoms with Crippen LogP contribution in [-0.4, -0.2) is 19.0 Å². The molecule has 2 aromatic carbocycles. The zero-order chi connectivity index (χ0) is 16.2. The molecule has 3 rings (SSSR count). The molecule has 3 nitrogen and oxygen atoms in total. The number of nitrogens with two attached hydrogens (primary N) is 1. The normalized spacial score (nSPS) is 15.1. The molecule has 0 bridgehead atoms. The van der Waals surface area contributed by atoms with E-state index in [1.807, 2.05) is 41.3 Å². The zero-order valence-electron chi connectivity index (χ0n) is 13.3. The van der Waals surface area contributed by atoms with E-state index in [0.29, 0.717) is 6.54 Å². The van der Waals surface area contributed by atoms with E-state index in [0.717, 1.165) is 30.1 Å². The van der Waals surface area contributed by atoms with E-state index >= 15 is 0 Å². The second kappa shape index (κ2) is 7.16. The standard InChI is InChI=1S/C19H21ClN2O/c1-14(15-8-10-17(20)11-9-15)21-13-19(23)22-12-4-6-16-5-2-3-7-18(16)22/h2-3,5,7-11,14,21H,4,6,12-13H2,1H3/p+1/t14-/m0/s1. The Labute approximate surface area is 142 Å². The van der Waals surface area contributed by atoms with Crippen molar-refractivity contribution < 1.29 is 10.1 Å². The highest BCUT2D eigenvalue weighted by atomic mass is 35.5. The van der Waals surface area contributed by atoms with Gasteiger partial charge in [-0.2, -0.15) is 0 Å². The van der Waals surface area contributed by atoms with E-state index in [2.05, 4.69) is 24.4 Å². The molecule has 0 saturated heterocycles. The van der Waals surface area contributed by atoms with Gasteiger partial charge < -0.3 is 10.2 Å². The van der Waals surface area contributed by atoms with Crippen LogP contribution in [0.15, 0.2) is 48.5 Å². The molecule has 0 spiro atoms. The fourth-order valence-electron chi connectivity index (χ4n) is 3.08. The number of para-hydroxylation sites is 1. The maximum Gasteiger partial charge on any atom is 0.282 e. The number of quaternary nitrogens is 1. The van der Waals surface area contributed by atoms with Crippen molar-refractivity contribution in [2.45, 2.75) is 25.8 Å². The van der Waals surface area contributed by atoms with E-state index in [9.17, 15) is 4.79 Å². The predicted octanol–water partition coefficient (Wildman–Crippen LogP) is 2.94. The van der Waals surface area contributed by atoms with Gasteiger partial charge in [0, 0.05) is 22.8 Å². The average molecular weight is 330 g/mol. The van der Waals surface area contributed by atoms with Crippen LogP contribution in [0.5, 0.6) is 0 Å². The van der Waals surface area contributed by atoms with Crippen LogP contribution in [0.3, 0.4) is 0 Å². The number of fused-ring (bicyclic) bond motifs is 1. The molecule has 0 radical (unpaired) electrons. The molecule has 23 heavy (non-hydrogen) atoms. The van der Waals surface area contributed by atoms with E-state index in [4.69, 9.17) is 11.6 Å². The highest BCUT2D eigenvalue weighted by Crippen LogP contribution is 2.26. The Morgan fingerprint density at radius 3 is 2.74 bits per heavy atom. The Morgan fingerprint density at radius 2 is 1.96 bits per heavy atom. The third kappa shape index (κ3) is 3.74. The largest absolute Gasteiger partial charge is 0.333 e. The summed E-state index contributed by atoms with van der Waals surface area (Å²) < 4.78 is 0. The summed E-state index contributed by atoms with van der Waals surface area (Å²) in [5.74, 6) is 0.179. The molecular weight excluding hydrogens is 308 g/mol. The first-order valence-electron chi connectivity index (χ1n) is 8.12. The number of anilines is 1. The minimum atomic E-state index is 0.179. The van der Waals surface area contributed by atoms with Crippen molar-refractivity contribution in [3.8, 4) is 0 Å². The molecule has 1 amide bonds. The predicted molar refractivity (Wildman–Crippen MR) is 93.8 cm³/mol. The molecule has 4 heteroatoms. The Morgan fingerprint density at radius 1 is 1.22 bits per heavy atom. The molecule has 1 aliphatic heterocycles. The van der Waals surface area contributed by atoms with Crippen LogP contribution in [0.2, 0.25) is 5.02 Å². The van der Waals surface area contributed by atoms with Gasteiger partial charge in [-0.3, -0.25) is 4.79 Å². The second-order valence-electron chi connectivity index (χ2n) is 6.06. The van der Waals surface area contributed by atoms with Crippen molar-refractivity contribution >= 4 is 23.2 Å². The van der Waals surface area contributed by atoms with Crippen molar-refractivity contribution in [2.75, 3.05) is 18.0 Å². The van der Waals surface area contributed by atoms with Gasteiger partial charge in [-0.15, -0.1) is 0 Å². The van der Waals surface area contributed by atoms with Crippen LogP contribution in [0.4, 0.5) is 5.69 Å².